The van der Waals surface area contributed by atoms with E-state index in [9.17, 15) is 9.59 Å². The van der Waals surface area contributed by atoms with Crippen molar-refractivity contribution in [2.24, 2.45) is 0 Å². The maximum atomic E-state index is 12.0. The van der Waals surface area contributed by atoms with Gasteiger partial charge in [-0.2, -0.15) is 0 Å². The van der Waals surface area contributed by atoms with Crippen molar-refractivity contribution in [3.05, 3.63) is 36.5 Å². The summed E-state index contributed by atoms with van der Waals surface area (Å²) in [4.78, 5) is 30.5. The largest absolute Gasteiger partial charge is 0.348 e. The highest BCUT2D eigenvalue weighted by atomic mass is 16.2. The summed E-state index contributed by atoms with van der Waals surface area (Å²) >= 11 is 0. The predicted molar refractivity (Wildman–Crippen MR) is 95.8 cm³/mol. The number of carbonyl (C=O) groups excluding carboxylic acids is 2. The van der Waals surface area contributed by atoms with Crippen molar-refractivity contribution in [3.63, 3.8) is 0 Å². The quantitative estimate of drug-likeness (QED) is 0.602. The lowest BCUT2D eigenvalue weighted by molar-refractivity contribution is -0.136. The first-order valence-corrected chi connectivity index (χ1v) is 8.31. The molecule has 24 heavy (non-hydrogen) atoms. The van der Waals surface area contributed by atoms with E-state index in [2.05, 4.69) is 34.4 Å². The Hall–Kier alpha value is -2.47. The molecule has 2 N–H and O–H groups in total. The molecule has 1 heterocycles. The Labute approximate surface area is 142 Å². The van der Waals surface area contributed by atoms with Gasteiger partial charge in [-0.3, -0.25) is 14.6 Å². The second kappa shape index (κ2) is 8.98. The molecule has 0 saturated heterocycles. The topological polar surface area (TPSA) is 74.3 Å². The van der Waals surface area contributed by atoms with E-state index in [4.69, 9.17) is 0 Å². The zero-order valence-electron chi connectivity index (χ0n) is 14.2. The molecule has 6 heteroatoms. The van der Waals surface area contributed by atoms with E-state index < -0.39 is 11.8 Å². The van der Waals surface area contributed by atoms with Crippen molar-refractivity contribution in [2.75, 3.05) is 31.5 Å². The van der Waals surface area contributed by atoms with Crippen LogP contribution in [0.2, 0.25) is 0 Å². The van der Waals surface area contributed by atoms with Crippen LogP contribution in [0, 0.1) is 0 Å². The van der Waals surface area contributed by atoms with Crippen molar-refractivity contribution in [3.8, 4) is 0 Å². The summed E-state index contributed by atoms with van der Waals surface area (Å²) < 4.78 is 0. The van der Waals surface area contributed by atoms with Crippen LogP contribution in [0.4, 0.5) is 5.69 Å². The van der Waals surface area contributed by atoms with Crippen LogP contribution < -0.4 is 10.6 Å². The highest BCUT2D eigenvalue weighted by Crippen LogP contribution is 2.20. The number of benzene rings is 1. The van der Waals surface area contributed by atoms with Gasteiger partial charge < -0.3 is 15.5 Å². The van der Waals surface area contributed by atoms with Gasteiger partial charge in [-0.05, 0) is 50.3 Å². The van der Waals surface area contributed by atoms with Crippen molar-refractivity contribution in [2.45, 2.75) is 20.3 Å². The number of hydrogen-bond acceptors (Lipinski definition) is 4. The molecule has 0 spiro atoms. The molecular weight excluding hydrogens is 304 g/mol. The summed E-state index contributed by atoms with van der Waals surface area (Å²) in [6.45, 7) is 7.58. The number of nitrogens with one attached hydrogen (secondary N) is 2. The number of aromatic nitrogens is 1. The third-order valence-corrected chi connectivity index (χ3v) is 3.93. The number of amides is 2. The third kappa shape index (κ3) is 4.76. The van der Waals surface area contributed by atoms with E-state index in [0.717, 1.165) is 37.0 Å². The molecule has 0 aliphatic carbocycles. The fraction of sp³-hybridized carbons (Fsp3) is 0.389. The van der Waals surface area contributed by atoms with Gasteiger partial charge in [0.2, 0.25) is 0 Å². The van der Waals surface area contributed by atoms with Crippen LogP contribution in [-0.2, 0) is 9.59 Å². The average Bonchev–Trinajstić information content (AvgIpc) is 2.62. The molecule has 2 rings (SSSR count). The maximum Gasteiger partial charge on any atom is 0.313 e. The zero-order chi connectivity index (χ0) is 17.4. The molecule has 0 unspecified atom stereocenters. The Balaban J connectivity index is 1.86. The highest BCUT2D eigenvalue weighted by molar-refractivity contribution is 6.40. The van der Waals surface area contributed by atoms with E-state index >= 15 is 0 Å². The molecule has 2 amide bonds. The van der Waals surface area contributed by atoms with Crippen molar-refractivity contribution >= 4 is 28.4 Å². The first kappa shape index (κ1) is 17.9. The van der Waals surface area contributed by atoms with Gasteiger partial charge in [-0.25, -0.2) is 0 Å². The molecule has 0 fully saturated rings. The molecule has 2 aromatic rings. The first-order chi connectivity index (χ1) is 11.7. The van der Waals surface area contributed by atoms with Gasteiger partial charge in [0.1, 0.15) is 0 Å². The Morgan fingerprint density at radius 2 is 1.88 bits per heavy atom. The number of fused-ring (bicyclic) bond motifs is 1. The third-order valence-electron chi connectivity index (χ3n) is 3.93. The number of nitrogens with zero attached hydrogens (tertiary/aromatic N) is 2. The van der Waals surface area contributed by atoms with Crippen LogP contribution in [0.25, 0.3) is 10.9 Å². The summed E-state index contributed by atoms with van der Waals surface area (Å²) in [5, 5.41) is 6.12. The average molecular weight is 328 g/mol. The number of anilines is 1. The maximum absolute atomic E-state index is 12.0. The van der Waals surface area contributed by atoms with Gasteiger partial charge in [0.05, 0.1) is 11.2 Å². The standard InChI is InChI=1S/C18H24N4O2/c1-3-22(4-2)13-7-12-20-17(23)18(24)21-16-10-5-9-15-14(16)8-6-11-19-15/h5-6,8-11H,3-4,7,12-13H2,1-2H3,(H,20,23)(H,21,24). The fourth-order valence-corrected chi connectivity index (χ4v) is 2.52. The Bertz CT molecular complexity index is 693. The molecule has 0 bridgehead atoms. The fourth-order valence-electron chi connectivity index (χ4n) is 2.52. The normalized spacial score (nSPS) is 10.8. The van der Waals surface area contributed by atoms with Crippen LogP contribution in [0.5, 0.6) is 0 Å². The Morgan fingerprint density at radius 1 is 1.08 bits per heavy atom. The van der Waals surface area contributed by atoms with E-state index in [1.807, 2.05) is 12.1 Å². The lowest BCUT2D eigenvalue weighted by atomic mass is 10.2. The van der Waals surface area contributed by atoms with Crippen LogP contribution in [0.3, 0.4) is 0 Å². The molecule has 128 valence electrons. The van der Waals surface area contributed by atoms with Crippen molar-refractivity contribution < 1.29 is 9.59 Å². The molecule has 1 aromatic heterocycles. The monoisotopic (exact) mass is 328 g/mol. The number of pyridine rings is 1. The molecule has 0 saturated carbocycles. The van der Waals surface area contributed by atoms with Gasteiger partial charge in [-0.1, -0.05) is 19.9 Å². The van der Waals surface area contributed by atoms with E-state index in [1.54, 1.807) is 24.4 Å². The summed E-state index contributed by atoms with van der Waals surface area (Å²) in [5.41, 5.74) is 1.36. The molecule has 6 nitrogen and oxygen atoms in total. The number of rotatable bonds is 7. The van der Waals surface area contributed by atoms with Crippen molar-refractivity contribution in [1.29, 1.82) is 0 Å². The van der Waals surface area contributed by atoms with Crippen LogP contribution in [0.15, 0.2) is 36.5 Å². The zero-order valence-corrected chi connectivity index (χ0v) is 14.2. The Kier molecular flexibility index (Phi) is 6.69. The molecule has 0 aliphatic heterocycles. The minimum absolute atomic E-state index is 0.486. The van der Waals surface area contributed by atoms with E-state index in [1.165, 1.54) is 0 Å². The molecular formula is C18H24N4O2. The molecule has 0 aliphatic rings. The van der Waals surface area contributed by atoms with Gasteiger partial charge in [0, 0.05) is 18.1 Å². The van der Waals surface area contributed by atoms with Gasteiger partial charge in [-0.15, -0.1) is 0 Å². The van der Waals surface area contributed by atoms with E-state index in [0.29, 0.717) is 12.2 Å². The van der Waals surface area contributed by atoms with Gasteiger partial charge in [0.15, 0.2) is 0 Å². The van der Waals surface area contributed by atoms with E-state index in [-0.39, 0.29) is 0 Å². The summed E-state index contributed by atoms with van der Waals surface area (Å²) in [7, 11) is 0. The highest BCUT2D eigenvalue weighted by Gasteiger charge is 2.14. The molecule has 1 aromatic carbocycles. The summed E-state index contributed by atoms with van der Waals surface area (Å²) in [6, 6.07) is 9.08. The van der Waals surface area contributed by atoms with Gasteiger partial charge >= 0.3 is 11.8 Å². The van der Waals surface area contributed by atoms with Crippen molar-refractivity contribution in [1.82, 2.24) is 15.2 Å². The predicted octanol–water partition coefficient (Wildman–Crippen LogP) is 2.02. The van der Waals surface area contributed by atoms with Crippen LogP contribution >= 0.6 is 0 Å². The smallest absolute Gasteiger partial charge is 0.313 e. The Morgan fingerprint density at radius 3 is 2.62 bits per heavy atom. The second-order valence-corrected chi connectivity index (χ2v) is 5.47. The number of carbonyl (C=O) groups is 2. The van der Waals surface area contributed by atoms with Gasteiger partial charge in [0.25, 0.3) is 0 Å². The second-order valence-electron chi connectivity index (χ2n) is 5.47. The first-order valence-electron chi connectivity index (χ1n) is 8.31. The summed E-state index contributed by atoms with van der Waals surface area (Å²) in [6.07, 6.45) is 2.51. The van der Waals surface area contributed by atoms with Crippen LogP contribution in [-0.4, -0.2) is 47.9 Å². The number of hydrogen-bond donors (Lipinski definition) is 2. The minimum atomic E-state index is -0.658. The molecule has 0 atom stereocenters. The lowest BCUT2D eigenvalue weighted by Gasteiger charge is -2.17. The molecule has 0 radical (unpaired) electrons. The minimum Gasteiger partial charge on any atom is -0.348 e. The van der Waals surface area contributed by atoms with Crippen LogP contribution in [0.1, 0.15) is 20.3 Å². The summed E-state index contributed by atoms with van der Waals surface area (Å²) in [5.74, 6) is -1.27. The SMILES string of the molecule is CCN(CC)CCCNC(=O)C(=O)Nc1cccc2ncccc12. The lowest BCUT2D eigenvalue weighted by Crippen LogP contribution is -2.37.